The van der Waals surface area contributed by atoms with Crippen LogP contribution in [-0.4, -0.2) is 31.9 Å². The summed E-state index contributed by atoms with van der Waals surface area (Å²) in [6.07, 6.45) is 0.786. The molecular formula is C4H14NO8P3. The summed E-state index contributed by atoms with van der Waals surface area (Å²) < 4.78 is 30.4. The second-order valence-electron chi connectivity index (χ2n) is 3.86. The van der Waals surface area contributed by atoms with Gasteiger partial charge in [0, 0.05) is 0 Å². The van der Waals surface area contributed by atoms with Gasteiger partial charge in [0.25, 0.3) is 0 Å². The maximum absolute atomic E-state index is 11.3. The molecule has 2 unspecified atom stereocenters. The summed E-state index contributed by atoms with van der Waals surface area (Å²) in [7, 11) is -14.6. The molecule has 9 nitrogen and oxygen atoms in total. The van der Waals surface area contributed by atoms with Crippen LogP contribution >= 0.6 is 22.9 Å². The van der Waals surface area contributed by atoms with Crippen molar-refractivity contribution >= 4 is 22.9 Å². The summed E-state index contributed by atoms with van der Waals surface area (Å²) in [6, 6.07) is 0. The third-order valence-electron chi connectivity index (χ3n) is 1.53. The van der Waals surface area contributed by atoms with Gasteiger partial charge in [0.05, 0.1) is 0 Å². The first-order chi connectivity index (χ1) is 6.77. The second kappa shape index (κ2) is 3.80. The van der Waals surface area contributed by atoms with Crippen molar-refractivity contribution in [3.05, 3.63) is 0 Å². The number of hydrogen-bond acceptors (Lipinski definition) is 7. The van der Waals surface area contributed by atoms with E-state index in [4.69, 9.17) is 20.2 Å². The number of hydrogen-bond donors (Lipinski definition) is 5. The Morgan fingerprint density at radius 2 is 1.75 bits per heavy atom. The Morgan fingerprint density at radius 1 is 1.31 bits per heavy atom. The van der Waals surface area contributed by atoms with Crippen molar-refractivity contribution in [2.75, 3.05) is 6.66 Å². The molecule has 1 fully saturated rings. The Balaban J connectivity index is 2.73. The van der Waals surface area contributed by atoms with Crippen LogP contribution in [0.25, 0.3) is 0 Å². The molecule has 1 rings (SSSR count). The Hall–Kier alpha value is 0.610. The molecule has 0 heterocycles. The van der Waals surface area contributed by atoms with Crippen LogP contribution in [-0.2, 0) is 17.8 Å². The molecular weight excluding hydrogens is 283 g/mol. The van der Waals surface area contributed by atoms with Gasteiger partial charge in [-0.15, -0.1) is 0 Å². The fourth-order valence-electron chi connectivity index (χ4n) is 0.885. The van der Waals surface area contributed by atoms with E-state index in [-0.39, 0.29) is 0 Å². The van der Waals surface area contributed by atoms with E-state index in [0.29, 0.717) is 19.5 Å². The van der Waals surface area contributed by atoms with Crippen molar-refractivity contribution in [3.8, 4) is 0 Å². The minimum atomic E-state index is -5.24. The molecule has 98 valence electrons. The summed E-state index contributed by atoms with van der Waals surface area (Å²) in [6.45, 7) is 0.594. The van der Waals surface area contributed by atoms with Gasteiger partial charge in [-0.05, 0) is 0 Å². The van der Waals surface area contributed by atoms with Crippen molar-refractivity contribution in [2.24, 2.45) is 5.50 Å². The molecule has 0 radical (unpaired) electrons. The van der Waals surface area contributed by atoms with Crippen LogP contribution in [0.2, 0.25) is 0 Å². The fraction of sp³-hybridized carbons (Fsp3) is 1.00. The topological polar surface area (TPSA) is 160 Å². The summed E-state index contributed by atoms with van der Waals surface area (Å²) in [5.41, 5.74) is 4.10. The zero-order chi connectivity index (χ0) is 12.9. The minimum absolute atomic E-state index is 0.393. The van der Waals surface area contributed by atoms with Gasteiger partial charge in [-0.3, -0.25) is 0 Å². The van der Waals surface area contributed by atoms with Gasteiger partial charge in [-0.25, -0.2) is 0 Å². The molecule has 0 saturated heterocycles. The molecule has 1 aliphatic rings. The van der Waals surface area contributed by atoms with Gasteiger partial charge < -0.3 is 0 Å². The first-order valence-electron chi connectivity index (χ1n) is 4.18. The van der Waals surface area contributed by atoms with Crippen molar-refractivity contribution < 1.29 is 37.3 Å². The van der Waals surface area contributed by atoms with E-state index in [9.17, 15) is 14.0 Å². The van der Waals surface area contributed by atoms with E-state index in [2.05, 4.69) is 8.62 Å². The Bertz CT molecular complexity index is 373. The number of rotatable bonds is 5. The van der Waals surface area contributed by atoms with Crippen LogP contribution in [0.4, 0.5) is 0 Å². The predicted molar refractivity (Wildman–Crippen MR) is 56.3 cm³/mol. The third-order valence-corrected chi connectivity index (χ3v) is 7.17. The zero-order valence-corrected chi connectivity index (χ0v) is 11.0. The number of phosphoric acid groups is 1. The van der Waals surface area contributed by atoms with Gasteiger partial charge in [0.2, 0.25) is 0 Å². The quantitative estimate of drug-likeness (QED) is 0.448. The normalized spacial score (nSPS) is 27.5. The molecule has 0 bridgehead atoms. The molecule has 16 heavy (non-hydrogen) atoms. The Morgan fingerprint density at radius 3 is 2.06 bits per heavy atom. The van der Waals surface area contributed by atoms with Gasteiger partial charge in [-0.2, -0.15) is 0 Å². The average molecular weight is 297 g/mol. The van der Waals surface area contributed by atoms with Crippen molar-refractivity contribution in [3.63, 3.8) is 0 Å². The maximum atomic E-state index is 11.3. The predicted octanol–water partition coefficient (Wildman–Crippen LogP) is 0.254. The van der Waals surface area contributed by atoms with Gasteiger partial charge >= 0.3 is 90.8 Å². The van der Waals surface area contributed by atoms with Crippen molar-refractivity contribution in [2.45, 2.75) is 18.5 Å². The molecule has 1 aliphatic carbocycles. The van der Waals surface area contributed by atoms with Crippen LogP contribution in [0.5, 0.6) is 0 Å². The Kier molecular flexibility index (Phi) is 3.48. The van der Waals surface area contributed by atoms with E-state index in [1.54, 1.807) is 0 Å². The molecule has 12 heteroatoms. The van der Waals surface area contributed by atoms with E-state index in [1.165, 1.54) is 0 Å². The van der Waals surface area contributed by atoms with E-state index >= 15 is 0 Å². The monoisotopic (exact) mass is 297 g/mol. The van der Waals surface area contributed by atoms with E-state index in [0.717, 1.165) is 0 Å². The molecule has 0 aromatic carbocycles. The van der Waals surface area contributed by atoms with Gasteiger partial charge in [0.15, 0.2) is 0 Å². The molecule has 0 aromatic rings. The summed E-state index contributed by atoms with van der Waals surface area (Å²) in [5, 5.41) is 0. The van der Waals surface area contributed by atoms with Crippen LogP contribution in [0.15, 0.2) is 0 Å². The first kappa shape index (κ1) is 14.7. The SMILES string of the molecule is CP(N)(O)(O)OP(=O)(O)OP(=O)(O)C1CC1. The van der Waals surface area contributed by atoms with E-state index < -0.39 is 28.5 Å². The third kappa shape index (κ3) is 5.29. The molecule has 0 spiro atoms. The molecule has 0 aliphatic heterocycles. The molecule has 1 saturated carbocycles. The second-order valence-corrected chi connectivity index (χ2v) is 10.8. The van der Waals surface area contributed by atoms with Crippen LogP contribution < -0.4 is 5.50 Å². The molecule has 0 aromatic heterocycles. The van der Waals surface area contributed by atoms with Crippen molar-refractivity contribution in [1.82, 2.24) is 0 Å². The molecule has 6 N–H and O–H groups in total. The molecule has 0 amide bonds. The first-order valence-corrected chi connectivity index (χ1v) is 9.89. The Labute approximate surface area is 91.6 Å². The van der Waals surface area contributed by atoms with Gasteiger partial charge in [0.1, 0.15) is 0 Å². The standard InChI is InChI=1S/C4H14NO8P3/c1-16(5,10,11)13-15(8,9)12-14(6,7)4-2-3-4/h4,10-11H,2-3,5H2,1H3,(H,6,7)(H,8,9). The van der Waals surface area contributed by atoms with Crippen molar-refractivity contribution in [1.29, 1.82) is 0 Å². The molecule has 2 atom stereocenters. The summed E-state index contributed by atoms with van der Waals surface area (Å²) >= 11 is 0. The average Bonchev–Trinajstić information content (AvgIpc) is 2.50. The fourth-order valence-corrected chi connectivity index (χ4v) is 5.83. The van der Waals surface area contributed by atoms with Crippen LogP contribution in [0, 0.1) is 0 Å². The number of nitrogens with two attached hydrogens (primary N) is 1. The summed E-state index contributed by atoms with van der Waals surface area (Å²) in [5.74, 6) is 0. The zero-order valence-electron chi connectivity index (χ0n) is 8.33. The summed E-state index contributed by atoms with van der Waals surface area (Å²) in [4.78, 5) is 36.3. The van der Waals surface area contributed by atoms with E-state index in [1.807, 2.05) is 0 Å². The van der Waals surface area contributed by atoms with Crippen LogP contribution in [0.1, 0.15) is 12.8 Å². The van der Waals surface area contributed by atoms with Gasteiger partial charge in [-0.1, -0.05) is 0 Å². The van der Waals surface area contributed by atoms with Crippen LogP contribution in [0.3, 0.4) is 0 Å².